The van der Waals surface area contributed by atoms with Crippen LogP contribution in [0.5, 0.6) is 5.75 Å². The summed E-state index contributed by atoms with van der Waals surface area (Å²) in [5, 5.41) is 22.8. The van der Waals surface area contributed by atoms with Crippen LogP contribution in [0.15, 0.2) is 0 Å². The average molecular weight is 634 g/mol. The first kappa shape index (κ1) is 38.6. The topological polar surface area (TPSA) is 149 Å². The Hall–Kier alpha value is -3.42. The van der Waals surface area contributed by atoms with Crippen LogP contribution in [0.2, 0.25) is 0 Å². The summed E-state index contributed by atoms with van der Waals surface area (Å²) in [6.07, 6.45) is 1.77. The molecule has 10 nitrogen and oxygen atoms in total. The van der Waals surface area contributed by atoms with Crippen molar-refractivity contribution in [2.24, 2.45) is 11.8 Å². The SMILES string of the molecule is CCC[C@H](NC(=O)[C@H](CC(C)C)NC(=O)c1c(F)c(F)c(O)c(F)c1F)C(=O)N[C@H](CN[C@@H](CC)C(=O)NCC)CC(C)C. The van der Waals surface area contributed by atoms with Crippen molar-refractivity contribution in [3.63, 3.8) is 0 Å². The first-order valence-electron chi connectivity index (χ1n) is 15.1. The van der Waals surface area contributed by atoms with Gasteiger partial charge in [0, 0.05) is 19.1 Å². The van der Waals surface area contributed by atoms with Crippen molar-refractivity contribution in [2.75, 3.05) is 13.1 Å². The Morgan fingerprint density at radius 3 is 1.73 bits per heavy atom. The molecule has 0 aliphatic carbocycles. The maximum Gasteiger partial charge on any atom is 0.258 e. The van der Waals surface area contributed by atoms with Gasteiger partial charge < -0.3 is 31.7 Å². The van der Waals surface area contributed by atoms with Gasteiger partial charge in [0.1, 0.15) is 17.6 Å². The molecule has 0 bridgehead atoms. The molecule has 1 aromatic carbocycles. The van der Waals surface area contributed by atoms with E-state index in [1.54, 1.807) is 20.8 Å². The molecular formula is C30H47F4N5O5. The van der Waals surface area contributed by atoms with Gasteiger partial charge in [0.05, 0.1) is 6.04 Å². The predicted octanol–water partition coefficient (Wildman–Crippen LogP) is 3.41. The smallest absolute Gasteiger partial charge is 0.258 e. The highest BCUT2D eigenvalue weighted by Gasteiger charge is 2.33. The molecule has 4 atom stereocenters. The molecule has 0 saturated carbocycles. The fourth-order valence-electron chi connectivity index (χ4n) is 4.65. The van der Waals surface area contributed by atoms with Crippen LogP contribution in [0.1, 0.15) is 90.9 Å². The predicted molar refractivity (Wildman–Crippen MR) is 158 cm³/mol. The number of phenolic OH excluding ortho intramolecular Hbond substituents is 1. The highest BCUT2D eigenvalue weighted by atomic mass is 19.2. The number of amides is 4. The van der Waals surface area contributed by atoms with Crippen LogP contribution in [0.4, 0.5) is 17.6 Å². The summed E-state index contributed by atoms with van der Waals surface area (Å²) in [5.41, 5.74) is -1.63. The van der Waals surface area contributed by atoms with E-state index < -0.39 is 76.5 Å². The van der Waals surface area contributed by atoms with E-state index >= 15 is 0 Å². The lowest BCUT2D eigenvalue weighted by atomic mass is 10.0. The van der Waals surface area contributed by atoms with Crippen LogP contribution in [0.25, 0.3) is 0 Å². The first-order chi connectivity index (χ1) is 20.6. The van der Waals surface area contributed by atoms with Gasteiger partial charge in [-0.15, -0.1) is 0 Å². The van der Waals surface area contributed by atoms with Crippen molar-refractivity contribution in [1.29, 1.82) is 0 Å². The van der Waals surface area contributed by atoms with Crippen molar-refractivity contribution >= 4 is 23.6 Å². The maximum absolute atomic E-state index is 14.3. The number of nitrogens with one attached hydrogen (secondary N) is 5. The molecule has 0 heterocycles. The summed E-state index contributed by atoms with van der Waals surface area (Å²) in [4.78, 5) is 51.7. The third-order valence-electron chi connectivity index (χ3n) is 6.80. The van der Waals surface area contributed by atoms with E-state index in [-0.39, 0.29) is 37.1 Å². The molecule has 0 radical (unpaired) electrons. The Morgan fingerprint density at radius 2 is 1.25 bits per heavy atom. The van der Waals surface area contributed by atoms with Gasteiger partial charge in [0.2, 0.25) is 29.4 Å². The lowest BCUT2D eigenvalue weighted by molar-refractivity contribution is -0.130. The summed E-state index contributed by atoms with van der Waals surface area (Å²) in [5.74, 6) is -13.6. The summed E-state index contributed by atoms with van der Waals surface area (Å²) < 4.78 is 56.4. The number of benzene rings is 1. The molecule has 0 aromatic heterocycles. The van der Waals surface area contributed by atoms with E-state index in [2.05, 4.69) is 26.6 Å². The second kappa shape index (κ2) is 18.4. The third-order valence-corrected chi connectivity index (χ3v) is 6.80. The normalized spacial score (nSPS) is 14.1. The molecule has 0 spiro atoms. The number of hydrogen-bond donors (Lipinski definition) is 6. The molecule has 14 heteroatoms. The summed E-state index contributed by atoms with van der Waals surface area (Å²) >= 11 is 0. The highest BCUT2D eigenvalue weighted by molar-refractivity contribution is 5.99. The molecule has 1 rings (SSSR count). The van der Waals surface area contributed by atoms with Gasteiger partial charge in [-0.25, -0.2) is 8.78 Å². The van der Waals surface area contributed by atoms with Gasteiger partial charge >= 0.3 is 0 Å². The minimum absolute atomic E-state index is 0.0392. The number of likely N-dealkylation sites (N-methyl/N-ethyl adjacent to an activating group) is 1. The zero-order chi connectivity index (χ0) is 33.7. The van der Waals surface area contributed by atoms with Crippen LogP contribution in [0.3, 0.4) is 0 Å². The Bertz CT molecular complexity index is 1120. The quantitative estimate of drug-likeness (QED) is 0.108. The van der Waals surface area contributed by atoms with Crippen molar-refractivity contribution in [3.05, 3.63) is 28.8 Å². The second-order valence-corrected chi connectivity index (χ2v) is 11.6. The van der Waals surface area contributed by atoms with E-state index in [4.69, 9.17) is 0 Å². The zero-order valence-electron chi connectivity index (χ0n) is 26.5. The molecule has 4 amide bonds. The molecular weight excluding hydrogens is 586 g/mol. The van der Waals surface area contributed by atoms with E-state index in [1.807, 2.05) is 27.7 Å². The third kappa shape index (κ3) is 11.3. The lowest BCUT2D eigenvalue weighted by Gasteiger charge is -2.28. The van der Waals surface area contributed by atoms with Crippen molar-refractivity contribution < 1.29 is 41.8 Å². The van der Waals surface area contributed by atoms with Gasteiger partial charge in [-0.3, -0.25) is 19.2 Å². The number of hydrogen-bond acceptors (Lipinski definition) is 6. The fraction of sp³-hybridized carbons (Fsp3) is 0.667. The van der Waals surface area contributed by atoms with Crippen LogP contribution in [-0.4, -0.2) is 66.0 Å². The van der Waals surface area contributed by atoms with E-state index in [0.717, 1.165) is 0 Å². The number of aromatic hydroxyl groups is 1. The molecule has 250 valence electrons. The monoisotopic (exact) mass is 633 g/mol. The van der Waals surface area contributed by atoms with Gasteiger partial charge in [0.25, 0.3) is 5.91 Å². The summed E-state index contributed by atoms with van der Waals surface area (Å²) in [7, 11) is 0. The van der Waals surface area contributed by atoms with Crippen molar-refractivity contribution in [1.82, 2.24) is 26.6 Å². The van der Waals surface area contributed by atoms with Crippen LogP contribution >= 0.6 is 0 Å². The number of phenols is 1. The molecule has 0 unspecified atom stereocenters. The number of halogens is 4. The average Bonchev–Trinajstić information content (AvgIpc) is 2.94. The lowest BCUT2D eigenvalue weighted by Crippen LogP contribution is -2.57. The minimum Gasteiger partial charge on any atom is -0.503 e. The Kier molecular flexibility index (Phi) is 16.1. The summed E-state index contributed by atoms with van der Waals surface area (Å²) in [6.45, 7) is 13.6. The number of carbonyl (C=O) groups excluding carboxylic acids is 4. The van der Waals surface area contributed by atoms with Crippen LogP contribution in [0, 0.1) is 35.1 Å². The van der Waals surface area contributed by atoms with Crippen molar-refractivity contribution in [3.8, 4) is 5.75 Å². The van der Waals surface area contributed by atoms with Gasteiger partial charge in [-0.2, -0.15) is 8.78 Å². The van der Waals surface area contributed by atoms with Crippen molar-refractivity contribution in [2.45, 2.75) is 105 Å². The minimum atomic E-state index is -2.15. The Labute approximate surface area is 256 Å². The standard InChI is InChI=1S/C30H47F4N5O5/c1-8-11-19(28(42)37-17(12-15(4)5)14-36-18(9-2)27(41)35-10-3)38-29(43)20(13-16(6)7)39-30(44)21-22(31)24(33)26(40)25(34)23(21)32/h15-20,36,40H,8-14H2,1-7H3,(H,35,41)(H,37,42)(H,38,43)(H,39,44)/t17-,18-,19-,20-/m0/s1. The largest absolute Gasteiger partial charge is 0.503 e. The molecule has 6 N–H and O–H groups in total. The molecule has 0 saturated heterocycles. The summed E-state index contributed by atoms with van der Waals surface area (Å²) in [6, 6.07) is -3.32. The van der Waals surface area contributed by atoms with Crippen LogP contribution in [-0.2, 0) is 14.4 Å². The molecule has 1 aromatic rings. The van der Waals surface area contributed by atoms with Crippen LogP contribution < -0.4 is 26.6 Å². The van der Waals surface area contributed by atoms with Gasteiger partial charge in [-0.1, -0.05) is 48.0 Å². The second-order valence-electron chi connectivity index (χ2n) is 11.6. The van der Waals surface area contributed by atoms with E-state index in [1.165, 1.54) is 0 Å². The van der Waals surface area contributed by atoms with Gasteiger partial charge in [-0.05, 0) is 44.4 Å². The van der Waals surface area contributed by atoms with Gasteiger partial charge in [0.15, 0.2) is 17.4 Å². The molecule has 0 aliphatic heterocycles. The first-order valence-corrected chi connectivity index (χ1v) is 15.1. The van der Waals surface area contributed by atoms with E-state index in [9.17, 15) is 41.8 Å². The molecule has 0 fully saturated rings. The number of rotatable bonds is 18. The Balaban J connectivity index is 3.15. The number of carbonyl (C=O) groups is 4. The molecule has 0 aliphatic rings. The molecule has 44 heavy (non-hydrogen) atoms. The Morgan fingerprint density at radius 1 is 0.705 bits per heavy atom. The zero-order valence-corrected chi connectivity index (χ0v) is 26.5. The maximum atomic E-state index is 14.3. The van der Waals surface area contributed by atoms with E-state index in [0.29, 0.717) is 25.8 Å². The fourth-order valence-corrected chi connectivity index (χ4v) is 4.65. The highest BCUT2D eigenvalue weighted by Crippen LogP contribution is 2.29.